The fourth-order valence-corrected chi connectivity index (χ4v) is 2.93. The maximum absolute atomic E-state index is 8.83. The number of aryl methyl sites for hydroxylation is 1. The first-order valence-electron chi connectivity index (χ1n) is 4.95. The Morgan fingerprint density at radius 3 is 3.27 bits per heavy atom. The normalized spacial score (nSPS) is 14.3. The van der Waals surface area contributed by atoms with E-state index in [1.54, 1.807) is 0 Å². The van der Waals surface area contributed by atoms with Gasteiger partial charge in [-0.15, -0.1) is 11.3 Å². The molecule has 1 aliphatic heterocycles. The Labute approximate surface area is 91.4 Å². The van der Waals surface area contributed by atoms with Gasteiger partial charge in [0, 0.05) is 12.2 Å². The largest absolute Gasteiger partial charge is 0.385 e. The van der Waals surface area contributed by atoms with Gasteiger partial charge in [-0.2, -0.15) is 5.26 Å². The molecule has 0 bridgehead atoms. The Balaban J connectivity index is 2.31. The van der Waals surface area contributed by atoms with Crippen LogP contribution in [0.4, 0.5) is 5.69 Å². The predicted octanol–water partition coefficient (Wildman–Crippen LogP) is 2.53. The SMILES string of the molecule is N#Cc1nc2ccc3c(c2s1)CCCN3. The van der Waals surface area contributed by atoms with E-state index in [2.05, 4.69) is 22.4 Å². The fraction of sp³-hybridized carbons (Fsp3) is 0.273. The minimum absolute atomic E-state index is 0.559. The monoisotopic (exact) mass is 215 g/mol. The third kappa shape index (κ3) is 1.28. The van der Waals surface area contributed by atoms with Gasteiger partial charge < -0.3 is 5.32 Å². The van der Waals surface area contributed by atoms with E-state index in [1.807, 2.05) is 6.07 Å². The molecule has 0 unspecified atom stereocenters. The molecule has 1 N–H and O–H groups in total. The molecule has 1 aromatic heterocycles. The lowest BCUT2D eigenvalue weighted by Crippen LogP contribution is -2.11. The number of rotatable bonds is 0. The highest BCUT2D eigenvalue weighted by molar-refractivity contribution is 7.19. The number of hydrogen-bond acceptors (Lipinski definition) is 4. The molecule has 0 aliphatic carbocycles. The molecular formula is C11H9N3S. The zero-order chi connectivity index (χ0) is 10.3. The van der Waals surface area contributed by atoms with Gasteiger partial charge in [-0.05, 0) is 30.5 Å². The summed E-state index contributed by atoms with van der Waals surface area (Å²) in [5, 5.41) is 12.8. The highest BCUT2D eigenvalue weighted by atomic mass is 32.1. The third-order valence-electron chi connectivity index (χ3n) is 2.68. The van der Waals surface area contributed by atoms with Crippen molar-refractivity contribution in [3.63, 3.8) is 0 Å². The molecule has 0 spiro atoms. The Morgan fingerprint density at radius 1 is 1.47 bits per heavy atom. The average Bonchev–Trinajstić information content (AvgIpc) is 2.72. The quantitative estimate of drug-likeness (QED) is 0.734. The van der Waals surface area contributed by atoms with Gasteiger partial charge >= 0.3 is 0 Å². The van der Waals surface area contributed by atoms with Crippen LogP contribution in [0.15, 0.2) is 12.1 Å². The van der Waals surface area contributed by atoms with Gasteiger partial charge in [0.05, 0.1) is 10.2 Å². The number of hydrogen-bond donors (Lipinski definition) is 1. The molecule has 0 saturated carbocycles. The van der Waals surface area contributed by atoms with Crippen molar-refractivity contribution in [3.8, 4) is 6.07 Å². The number of anilines is 1. The summed E-state index contributed by atoms with van der Waals surface area (Å²) in [7, 11) is 0. The van der Waals surface area contributed by atoms with Crippen LogP contribution < -0.4 is 5.32 Å². The number of nitrogens with zero attached hydrogens (tertiary/aromatic N) is 2. The zero-order valence-electron chi connectivity index (χ0n) is 8.08. The van der Waals surface area contributed by atoms with Crippen LogP contribution in [-0.4, -0.2) is 11.5 Å². The van der Waals surface area contributed by atoms with Gasteiger partial charge in [-0.1, -0.05) is 0 Å². The van der Waals surface area contributed by atoms with Crippen molar-refractivity contribution in [3.05, 3.63) is 22.7 Å². The lowest BCUT2D eigenvalue weighted by molar-refractivity contribution is 0.837. The van der Waals surface area contributed by atoms with Gasteiger partial charge in [-0.3, -0.25) is 0 Å². The Bertz CT molecular complexity index is 565. The Kier molecular flexibility index (Phi) is 1.86. The van der Waals surface area contributed by atoms with Crippen molar-refractivity contribution in [2.24, 2.45) is 0 Å². The van der Waals surface area contributed by atoms with Gasteiger partial charge in [-0.25, -0.2) is 4.98 Å². The molecule has 1 aliphatic rings. The molecule has 0 amide bonds. The van der Waals surface area contributed by atoms with E-state index < -0.39 is 0 Å². The Morgan fingerprint density at radius 2 is 2.40 bits per heavy atom. The van der Waals surface area contributed by atoms with E-state index in [0.717, 1.165) is 24.9 Å². The van der Waals surface area contributed by atoms with Crippen LogP contribution in [0.5, 0.6) is 0 Å². The van der Waals surface area contributed by atoms with E-state index in [0.29, 0.717) is 5.01 Å². The van der Waals surface area contributed by atoms with Crippen molar-refractivity contribution in [2.45, 2.75) is 12.8 Å². The molecule has 2 heterocycles. The lowest BCUT2D eigenvalue weighted by Gasteiger charge is -2.17. The summed E-state index contributed by atoms with van der Waals surface area (Å²) in [6.45, 7) is 1.04. The van der Waals surface area contributed by atoms with Gasteiger partial charge in [0.25, 0.3) is 0 Å². The van der Waals surface area contributed by atoms with Crippen molar-refractivity contribution in [2.75, 3.05) is 11.9 Å². The van der Waals surface area contributed by atoms with E-state index in [1.165, 1.54) is 27.3 Å². The molecule has 15 heavy (non-hydrogen) atoms. The summed E-state index contributed by atoms with van der Waals surface area (Å²) in [5.41, 5.74) is 3.50. The molecule has 3 rings (SSSR count). The zero-order valence-corrected chi connectivity index (χ0v) is 8.90. The first-order valence-corrected chi connectivity index (χ1v) is 5.76. The number of nitrogens with one attached hydrogen (secondary N) is 1. The van der Waals surface area contributed by atoms with Crippen molar-refractivity contribution < 1.29 is 0 Å². The maximum Gasteiger partial charge on any atom is 0.195 e. The topological polar surface area (TPSA) is 48.7 Å². The van der Waals surface area contributed by atoms with Crippen LogP contribution in [0.25, 0.3) is 10.2 Å². The fourth-order valence-electron chi connectivity index (χ4n) is 2.00. The number of nitriles is 1. The summed E-state index contributed by atoms with van der Waals surface area (Å²) in [4.78, 5) is 4.27. The number of benzene rings is 1. The van der Waals surface area contributed by atoms with Gasteiger partial charge in [0.2, 0.25) is 0 Å². The van der Waals surface area contributed by atoms with E-state index in [4.69, 9.17) is 5.26 Å². The third-order valence-corrected chi connectivity index (χ3v) is 3.71. The number of fused-ring (bicyclic) bond motifs is 3. The van der Waals surface area contributed by atoms with Gasteiger partial charge in [0.1, 0.15) is 6.07 Å². The molecule has 0 radical (unpaired) electrons. The molecule has 0 fully saturated rings. The van der Waals surface area contributed by atoms with E-state index in [9.17, 15) is 0 Å². The first-order chi connectivity index (χ1) is 7.38. The maximum atomic E-state index is 8.83. The first kappa shape index (κ1) is 8.69. The standard InChI is InChI=1S/C11H9N3S/c12-6-10-14-9-4-3-8-7(11(9)15-10)2-1-5-13-8/h3-4,13H,1-2,5H2. The molecule has 3 nitrogen and oxygen atoms in total. The molecule has 4 heteroatoms. The summed E-state index contributed by atoms with van der Waals surface area (Å²) < 4.78 is 1.18. The van der Waals surface area contributed by atoms with Crippen LogP contribution in [0.2, 0.25) is 0 Å². The van der Waals surface area contributed by atoms with Crippen LogP contribution in [0, 0.1) is 11.3 Å². The second-order valence-electron chi connectivity index (χ2n) is 3.60. The highest BCUT2D eigenvalue weighted by Gasteiger charge is 2.14. The van der Waals surface area contributed by atoms with Gasteiger partial charge in [0.15, 0.2) is 5.01 Å². The van der Waals surface area contributed by atoms with Crippen LogP contribution in [0.3, 0.4) is 0 Å². The summed E-state index contributed by atoms with van der Waals surface area (Å²) in [6.07, 6.45) is 2.25. The summed E-state index contributed by atoms with van der Waals surface area (Å²) in [5.74, 6) is 0. The second kappa shape index (κ2) is 3.21. The van der Waals surface area contributed by atoms with Crippen molar-refractivity contribution >= 4 is 27.2 Å². The molecular weight excluding hydrogens is 206 g/mol. The predicted molar refractivity (Wildman–Crippen MR) is 61.1 cm³/mol. The minimum atomic E-state index is 0.559. The molecule has 0 saturated heterocycles. The Hall–Kier alpha value is -1.60. The number of thiazole rings is 1. The molecule has 0 atom stereocenters. The summed E-state index contributed by atoms with van der Waals surface area (Å²) in [6, 6.07) is 6.17. The smallest absolute Gasteiger partial charge is 0.195 e. The van der Waals surface area contributed by atoms with Crippen LogP contribution in [0.1, 0.15) is 17.0 Å². The summed E-state index contributed by atoms with van der Waals surface area (Å²) >= 11 is 1.50. The number of aromatic nitrogens is 1. The van der Waals surface area contributed by atoms with Crippen LogP contribution in [-0.2, 0) is 6.42 Å². The second-order valence-corrected chi connectivity index (χ2v) is 4.60. The van der Waals surface area contributed by atoms with Crippen LogP contribution >= 0.6 is 11.3 Å². The van der Waals surface area contributed by atoms with Crippen molar-refractivity contribution in [1.29, 1.82) is 5.26 Å². The van der Waals surface area contributed by atoms with E-state index >= 15 is 0 Å². The lowest BCUT2D eigenvalue weighted by atomic mass is 10.0. The minimum Gasteiger partial charge on any atom is -0.385 e. The van der Waals surface area contributed by atoms with Crippen molar-refractivity contribution in [1.82, 2.24) is 4.98 Å². The average molecular weight is 215 g/mol. The molecule has 2 aromatic rings. The molecule has 74 valence electrons. The highest BCUT2D eigenvalue weighted by Crippen LogP contribution is 2.33. The van der Waals surface area contributed by atoms with E-state index in [-0.39, 0.29) is 0 Å². The molecule has 1 aromatic carbocycles.